The van der Waals surface area contributed by atoms with Gasteiger partial charge in [0, 0.05) is 62.2 Å². The Morgan fingerprint density at radius 2 is 1.00 bits per heavy atom. The lowest BCUT2D eigenvalue weighted by Crippen LogP contribution is -2.41. The molecule has 2 saturated heterocycles. The van der Waals surface area contributed by atoms with E-state index in [1.807, 2.05) is 48.5 Å². The highest BCUT2D eigenvalue weighted by molar-refractivity contribution is 5.98. The SMILES string of the molecule is COc1ccc(C(=O)[C@H](CCCC[C@H](CN2CCOCC2)C(=O)c2ccc(OC)cc2)CN2CCOCC2)cc1. The van der Waals surface area contributed by atoms with Gasteiger partial charge in [-0.2, -0.15) is 0 Å². The molecule has 0 N–H and O–H groups in total. The molecule has 0 aliphatic carbocycles. The highest BCUT2D eigenvalue weighted by atomic mass is 16.5. The number of ketones is 2. The van der Waals surface area contributed by atoms with Crippen LogP contribution in [0.1, 0.15) is 46.4 Å². The molecule has 0 saturated carbocycles. The fourth-order valence-corrected chi connectivity index (χ4v) is 5.56. The van der Waals surface area contributed by atoms with Gasteiger partial charge < -0.3 is 18.9 Å². The van der Waals surface area contributed by atoms with Crippen molar-refractivity contribution in [1.82, 2.24) is 9.80 Å². The molecule has 0 bridgehead atoms. The molecule has 8 heteroatoms. The van der Waals surface area contributed by atoms with Gasteiger partial charge in [0.15, 0.2) is 11.6 Å². The summed E-state index contributed by atoms with van der Waals surface area (Å²) in [5, 5.41) is 0. The molecule has 8 nitrogen and oxygen atoms in total. The topological polar surface area (TPSA) is 77.5 Å². The Bertz CT molecular complexity index is 961. The zero-order valence-electron chi connectivity index (χ0n) is 24.0. The quantitative estimate of drug-likeness (QED) is 0.240. The second-order valence-corrected chi connectivity index (χ2v) is 10.7. The third kappa shape index (κ3) is 8.86. The molecule has 2 atom stereocenters. The van der Waals surface area contributed by atoms with E-state index < -0.39 is 0 Å². The zero-order chi connectivity index (χ0) is 28.2. The molecular weight excluding hydrogens is 508 g/mol. The number of carbonyl (C=O) groups excluding carboxylic acids is 2. The van der Waals surface area contributed by atoms with E-state index in [2.05, 4.69) is 9.80 Å². The number of rotatable bonds is 15. The summed E-state index contributed by atoms with van der Waals surface area (Å²) in [5.41, 5.74) is 1.44. The number of ether oxygens (including phenoxy) is 4. The summed E-state index contributed by atoms with van der Waals surface area (Å²) >= 11 is 0. The lowest BCUT2D eigenvalue weighted by Gasteiger charge is -2.31. The third-order valence-electron chi connectivity index (χ3n) is 8.01. The number of benzene rings is 2. The first-order chi connectivity index (χ1) is 19.6. The van der Waals surface area contributed by atoms with E-state index in [-0.39, 0.29) is 23.4 Å². The van der Waals surface area contributed by atoms with Crippen molar-refractivity contribution in [3.63, 3.8) is 0 Å². The Balaban J connectivity index is 1.39. The molecule has 4 rings (SSSR count). The molecule has 2 heterocycles. The molecular formula is C32H44N2O6. The van der Waals surface area contributed by atoms with E-state index in [0.29, 0.717) is 26.4 Å². The monoisotopic (exact) mass is 552 g/mol. The first kappa shape index (κ1) is 30.2. The highest BCUT2D eigenvalue weighted by Gasteiger charge is 2.26. The maximum Gasteiger partial charge on any atom is 0.167 e. The predicted molar refractivity (Wildman–Crippen MR) is 155 cm³/mol. The van der Waals surface area contributed by atoms with Gasteiger partial charge in [0.25, 0.3) is 0 Å². The van der Waals surface area contributed by atoms with Crippen LogP contribution in [0.3, 0.4) is 0 Å². The van der Waals surface area contributed by atoms with E-state index in [1.165, 1.54) is 0 Å². The summed E-state index contributed by atoms with van der Waals surface area (Å²) < 4.78 is 21.6. The van der Waals surface area contributed by atoms with Gasteiger partial charge in [0.1, 0.15) is 11.5 Å². The zero-order valence-corrected chi connectivity index (χ0v) is 24.0. The number of nitrogens with zero attached hydrogens (tertiary/aromatic N) is 2. The summed E-state index contributed by atoms with van der Waals surface area (Å²) in [4.78, 5) is 31.8. The second kappa shape index (κ2) is 15.9. The summed E-state index contributed by atoms with van der Waals surface area (Å²) in [6.45, 7) is 7.70. The summed E-state index contributed by atoms with van der Waals surface area (Å²) in [5.74, 6) is 1.65. The molecule has 2 aliphatic rings. The van der Waals surface area contributed by atoms with E-state index >= 15 is 0 Å². The van der Waals surface area contributed by atoms with Gasteiger partial charge in [-0.15, -0.1) is 0 Å². The average Bonchev–Trinajstić information content (AvgIpc) is 3.02. The Hall–Kier alpha value is -2.78. The van der Waals surface area contributed by atoms with Crippen molar-refractivity contribution in [2.75, 3.05) is 79.9 Å². The van der Waals surface area contributed by atoms with Gasteiger partial charge in [0.2, 0.25) is 0 Å². The van der Waals surface area contributed by atoms with Crippen molar-refractivity contribution in [3.05, 3.63) is 59.7 Å². The maximum atomic E-state index is 13.6. The number of hydrogen-bond acceptors (Lipinski definition) is 8. The summed E-state index contributed by atoms with van der Waals surface area (Å²) in [7, 11) is 3.26. The summed E-state index contributed by atoms with van der Waals surface area (Å²) in [6, 6.07) is 14.8. The Morgan fingerprint density at radius 3 is 1.32 bits per heavy atom. The molecule has 2 aromatic carbocycles. The van der Waals surface area contributed by atoms with E-state index in [4.69, 9.17) is 18.9 Å². The van der Waals surface area contributed by atoms with Crippen LogP contribution in [0.4, 0.5) is 0 Å². The largest absolute Gasteiger partial charge is 0.497 e. The Morgan fingerprint density at radius 1 is 0.650 bits per heavy atom. The van der Waals surface area contributed by atoms with Gasteiger partial charge in [-0.3, -0.25) is 19.4 Å². The van der Waals surface area contributed by atoms with Gasteiger partial charge in [0.05, 0.1) is 40.6 Å². The Labute approximate surface area is 238 Å². The number of unbranched alkanes of at least 4 members (excludes halogenated alkanes) is 1. The maximum absolute atomic E-state index is 13.6. The fraction of sp³-hybridized carbons (Fsp3) is 0.562. The third-order valence-corrected chi connectivity index (χ3v) is 8.01. The average molecular weight is 553 g/mol. The molecule has 0 spiro atoms. The second-order valence-electron chi connectivity index (χ2n) is 10.7. The minimum atomic E-state index is -0.0959. The standard InChI is InChI=1S/C32H44N2O6/c1-37-29-11-7-25(8-12-29)31(35)27(23-33-15-19-39-20-16-33)5-3-4-6-28(24-34-17-21-40-22-18-34)32(36)26-9-13-30(38-2)14-10-26/h7-14,27-28H,3-6,15-24H2,1-2H3/t27-,28-/m1/s1. The van der Waals surface area contributed by atoms with Gasteiger partial charge >= 0.3 is 0 Å². The minimum Gasteiger partial charge on any atom is -0.497 e. The van der Waals surface area contributed by atoms with Crippen molar-refractivity contribution in [3.8, 4) is 11.5 Å². The van der Waals surface area contributed by atoms with Crippen LogP contribution in [0, 0.1) is 11.8 Å². The van der Waals surface area contributed by atoms with E-state index in [1.54, 1.807) is 14.2 Å². The van der Waals surface area contributed by atoms with Crippen LogP contribution in [0.25, 0.3) is 0 Å². The molecule has 40 heavy (non-hydrogen) atoms. The molecule has 0 unspecified atom stereocenters. The number of carbonyl (C=O) groups is 2. The smallest absolute Gasteiger partial charge is 0.167 e. The van der Waals surface area contributed by atoms with Crippen LogP contribution in [0.2, 0.25) is 0 Å². The lowest BCUT2D eigenvalue weighted by atomic mass is 9.88. The molecule has 0 radical (unpaired) electrons. The van der Waals surface area contributed by atoms with Crippen LogP contribution >= 0.6 is 0 Å². The van der Waals surface area contributed by atoms with Crippen LogP contribution in [0.5, 0.6) is 11.5 Å². The molecule has 0 aromatic heterocycles. The van der Waals surface area contributed by atoms with Crippen LogP contribution in [-0.2, 0) is 9.47 Å². The number of methoxy groups -OCH3 is 2. The lowest BCUT2D eigenvalue weighted by molar-refractivity contribution is 0.0283. The van der Waals surface area contributed by atoms with Crippen molar-refractivity contribution in [2.45, 2.75) is 25.7 Å². The van der Waals surface area contributed by atoms with E-state index in [0.717, 1.165) is 87.6 Å². The van der Waals surface area contributed by atoms with Gasteiger partial charge in [-0.1, -0.05) is 12.8 Å². The van der Waals surface area contributed by atoms with Crippen molar-refractivity contribution < 1.29 is 28.5 Å². The van der Waals surface area contributed by atoms with E-state index in [9.17, 15) is 9.59 Å². The van der Waals surface area contributed by atoms with Crippen molar-refractivity contribution >= 4 is 11.6 Å². The number of morpholine rings is 2. The molecule has 2 aliphatic heterocycles. The minimum absolute atomic E-state index is 0.0959. The van der Waals surface area contributed by atoms with Gasteiger partial charge in [-0.05, 0) is 61.4 Å². The first-order valence-electron chi connectivity index (χ1n) is 14.5. The summed E-state index contributed by atoms with van der Waals surface area (Å²) in [6.07, 6.45) is 3.38. The normalized spacial score (nSPS) is 18.1. The van der Waals surface area contributed by atoms with Crippen LogP contribution < -0.4 is 9.47 Å². The van der Waals surface area contributed by atoms with Crippen molar-refractivity contribution in [2.24, 2.45) is 11.8 Å². The van der Waals surface area contributed by atoms with Crippen LogP contribution in [0.15, 0.2) is 48.5 Å². The highest BCUT2D eigenvalue weighted by Crippen LogP contribution is 2.24. The molecule has 0 amide bonds. The fourth-order valence-electron chi connectivity index (χ4n) is 5.56. The number of Topliss-reactive ketones (excluding diaryl/α,β-unsaturated/α-hetero) is 2. The van der Waals surface area contributed by atoms with Crippen molar-refractivity contribution in [1.29, 1.82) is 0 Å². The van der Waals surface area contributed by atoms with Crippen LogP contribution in [-0.4, -0.2) is 101 Å². The predicted octanol–water partition coefficient (Wildman–Crippen LogP) is 4.23. The molecule has 2 aromatic rings. The molecule has 2 fully saturated rings. The Kier molecular flexibility index (Phi) is 12.0. The number of hydrogen-bond donors (Lipinski definition) is 0. The first-order valence-corrected chi connectivity index (χ1v) is 14.5. The molecule has 218 valence electrons. The van der Waals surface area contributed by atoms with Gasteiger partial charge in [-0.25, -0.2) is 0 Å².